The van der Waals surface area contributed by atoms with Gasteiger partial charge in [-0.15, -0.1) is 11.3 Å². The van der Waals surface area contributed by atoms with Crippen molar-refractivity contribution in [2.75, 3.05) is 27.2 Å². The van der Waals surface area contributed by atoms with Gasteiger partial charge in [0.2, 0.25) is 11.8 Å². The first-order chi connectivity index (χ1) is 21.4. The first-order valence-corrected chi connectivity index (χ1v) is 16.1. The van der Waals surface area contributed by atoms with Crippen molar-refractivity contribution < 1.29 is 19.5 Å². The van der Waals surface area contributed by atoms with E-state index in [4.69, 9.17) is 5.73 Å². The van der Waals surface area contributed by atoms with Crippen LogP contribution in [0.5, 0.6) is 0 Å². The number of carbonyl (C=O) groups excluding carboxylic acids is 3. The van der Waals surface area contributed by atoms with E-state index < -0.39 is 17.5 Å². The van der Waals surface area contributed by atoms with E-state index in [0.717, 1.165) is 26.8 Å². The van der Waals surface area contributed by atoms with Crippen molar-refractivity contribution in [1.82, 2.24) is 15.1 Å². The second-order valence-electron chi connectivity index (χ2n) is 12.5. The molecule has 8 nitrogen and oxygen atoms in total. The molecule has 3 amide bonds. The molecule has 0 saturated heterocycles. The summed E-state index contributed by atoms with van der Waals surface area (Å²) < 4.78 is 0. The van der Waals surface area contributed by atoms with Gasteiger partial charge in [-0.25, -0.2) is 0 Å². The second-order valence-corrected chi connectivity index (χ2v) is 13.6. The van der Waals surface area contributed by atoms with Gasteiger partial charge in [-0.1, -0.05) is 74.5 Å². The standard InChI is InChI=1S/C36H44N4O4S/c1-24(37)27-12-8-13-29(20-27)34(43)40(5)32(19-25-15-16-26-10-6-7-11-28(26)18-25)35(44)39(4)31(21-30-14-9-17-45-30)33(42)38-22-36(2,3)23-41/h6-18,20,24,31-32,41H,19,21-23,37H2,1-5H3,(H,38,42)/t24?,31-,32-/m1/s1. The van der Waals surface area contributed by atoms with Crippen molar-refractivity contribution in [2.45, 2.75) is 51.7 Å². The highest BCUT2D eigenvalue weighted by atomic mass is 32.1. The van der Waals surface area contributed by atoms with Crippen molar-refractivity contribution in [3.63, 3.8) is 0 Å². The molecule has 9 heteroatoms. The lowest BCUT2D eigenvalue weighted by molar-refractivity contribution is -0.142. The fraction of sp³-hybridized carbons (Fsp3) is 0.361. The van der Waals surface area contributed by atoms with Crippen LogP contribution < -0.4 is 11.1 Å². The summed E-state index contributed by atoms with van der Waals surface area (Å²) in [6, 6.07) is 23.1. The summed E-state index contributed by atoms with van der Waals surface area (Å²) in [6.45, 7) is 5.73. The summed E-state index contributed by atoms with van der Waals surface area (Å²) in [5, 5.41) is 16.7. The molecule has 4 aromatic rings. The van der Waals surface area contributed by atoms with Crippen LogP contribution in [0.1, 0.15) is 53.2 Å². The molecule has 1 aromatic heterocycles. The summed E-state index contributed by atoms with van der Waals surface area (Å²) in [5.41, 5.74) is 7.73. The van der Waals surface area contributed by atoms with Crippen LogP contribution in [0.4, 0.5) is 0 Å². The number of hydrogen-bond donors (Lipinski definition) is 3. The third-order valence-corrected chi connectivity index (χ3v) is 9.14. The number of aliphatic hydroxyl groups excluding tert-OH is 1. The molecular weight excluding hydrogens is 584 g/mol. The minimum Gasteiger partial charge on any atom is -0.396 e. The quantitative estimate of drug-likeness (QED) is 0.197. The topological polar surface area (TPSA) is 116 Å². The Kier molecular flexibility index (Phi) is 11.1. The number of nitrogens with zero attached hydrogens (tertiary/aromatic N) is 2. The average Bonchev–Trinajstić information content (AvgIpc) is 3.57. The van der Waals surface area contributed by atoms with E-state index in [1.165, 1.54) is 21.1 Å². The van der Waals surface area contributed by atoms with Gasteiger partial charge >= 0.3 is 0 Å². The van der Waals surface area contributed by atoms with Crippen LogP contribution in [0.2, 0.25) is 0 Å². The first kappa shape index (κ1) is 33.8. The third kappa shape index (κ3) is 8.57. The lowest BCUT2D eigenvalue weighted by Crippen LogP contribution is -2.56. The first-order valence-electron chi connectivity index (χ1n) is 15.2. The number of rotatable bonds is 13. The van der Waals surface area contributed by atoms with E-state index in [9.17, 15) is 19.5 Å². The number of nitrogens with two attached hydrogens (primary N) is 1. The molecule has 0 aliphatic rings. The van der Waals surface area contributed by atoms with Crippen LogP contribution in [-0.4, -0.2) is 72.0 Å². The predicted octanol–water partition coefficient (Wildman–Crippen LogP) is 4.81. The number of thiophene rings is 1. The van der Waals surface area contributed by atoms with Crippen molar-refractivity contribution in [1.29, 1.82) is 0 Å². The maximum atomic E-state index is 14.5. The molecule has 0 saturated carbocycles. The van der Waals surface area contributed by atoms with Crippen LogP contribution >= 0.6 is 11.3 Å². The van der Waals surface area contributed by atoms with Crippen molar-refractivity contribution >= 4 is 39.8 Å². The summed E-state index contributed by atoms with van der Waals surface area (Å²) in [5.74, 6) is -0.974. The molecule has 1 heterocycles. The van der Waals surface area contributed by atoms with Crippen LogP contribution in [0.25, 0.3) is 10.8 Å². The summed E-state index contributed by atoms with van der Waals surface area (Å²) in [4.78, 5) is 46.0. The summed E-state index contributed by atoms with van der Waals surface area (Å²) in [6.07, 6.45) is 0.580. The van der Waals surface area contributed by atoms with Gasteiger partial charge in [0.05, 0.1) is 0 Å². The van der Waals surface area contributed by atoms with Crippen molar-refractivity contribution in [3.05, 3.63) is 106 Å². The number of carbonyl (C=O) groups is 3. The number of nitrogens with one attached hydrogen (secondary N) is 1. The van der Waals surface area contributed by atoms with E-state index in [2.05, 4.69) is 5.32 Å². The Bertz CT molecular complexity index is 1620. The molecule has 0 bridgehead atoms. The second kappa shape index (κ2) is 14.8. The lowest BCUT2D eigenvalue weighted by atomic mass is 9.94. The zero-order chi connectivity index (χ0) is 32.7. The highest BCUT2D eigenvalue weighted by molar-refractivity contribution is 7.09. The van der Waals surface area contributed by atoms with Crippen LogP contribution in [0.3, 0.4) is 0 Å². The van der Waals surface area contributed by atoms with Crippen molar-refractivity contribution in [3.8, 4) is 0 Å². The third-order valence-electron chi connectivity index (χ3n) is 8.24. The average molecular weight is 629 g/mol. The molecule has 238 valence electrons. The Hall–Kier alpha value is -4.05. The smallest absolute Gasteiger partial charge is 0.254 e. The molecule has 0 spiro atoms. The Morgan fingerprint density at radius 2 is 1.62 bits per heavy atom. The minimum absolute atomic E-state index is 0.0947. The van der Waals surface area contributed by atoms with Gasteiger partial charge in [0.1, 0.15) is 12.1 Å². The zero-order valence-electron chi connectivity index (χ0n) is 26.7. The molecule has 0 fully saturated rings. The zero-order valence-corrected chi connectivity index (χ0v) is 27.5. The molecule has 3 atom stereocenters. The maximum absolute atomic E-state index is 14.5. The largest absolute Gasteiger partial charge is 0.396 e. The number of aliphatic hydroxyl groups is 1. The Morgan fingerprint density at radius 1 is 0.889 bits per heavy atom. The monoisotopic (exact) mass is 628 g/mol. The Morgan fingerprint density at radius 3 is 2.29 bits per heavy atom. The van der Waals surface area contributed by atoms with Crippen molar-refractivity contribution in [2.24, 2.45) is 11.1 Å². The Balaban J connectivity index is 1.69. The fourth-order valence-corrected chi connectivity index (χ4v) is 5.94. The molecule has 4 N–H and O–H groups in total. The molecule has 4 rings (SSSR count). The van der Waals surface area contributed by atoms with E-state index in [1.807, 2.05) is 86.8 Å². The fourth-order valence-electron chi connectivity index (χ4n) is 5.19. The number of benzene rings is 3. The number of amides is 3. The van der Waals surface area contributed by atoms with Crippen LogP contribution in [0.15, 0.2) is 84.2 Å². The van der Waals surface area contributed by atoms with E-state index in [-0.39, 0.29) is 43.3 Å². The van der Waals surface area contributed by atoms with Crippen LogP contribution in [0, 0.1) is 5.41 Å². The highest BCUT2D eigenvalue weighted by Crippen LogP contribution is 2.22. The van der Waals surface area contributed by atoms with Gasteiger partial charge in [-0.3, -0.25) is 14.4 Å². The molecule has 0 aliphatic carbocycles. The van der Waals surface area contributed by atoms with Gasteiger partial charge in [-0.2, -0.15) is 0 Å². The predicted molar refractivity (Wildman–Crippen MR) is 181 cm³/mol. The normalized spacial score (nSPS) is 13.6. The van der Waals surface area contributed by atoms with E-state index in [1.54, 1.807) is 32.3 Å². The van der Waals surface area contributed by atoms with Crippen LogP contribution in [-0.2, 0) is 22.4 Å². The SMILES string of the molecule is CC(N)c1cccc(C(=O)N(C)[C@H](Cc2ccc3ccccc3c2)C(=O)N(C)[C@H](Cc2cccs2)C(=O)NCC(C)(C)CO)c1. The van der Waals surface area contributed by atoms with Gasteiger partial charge < -0.3 is 26.0 Å². The van der Waals surface area contributed by atoms with E-state index in [0.29, 0.717) is 12.0 Å². The molecule has 1 unspecified atom stereocenters. The number of fused-ring (bicyclic) bond motifs is 1. The van der Waals surface area contributed by atoms with Gasteiger partial charge in [0, 0.05) is 62.0 Å². The maximum Gasteiger partial charge on any atom is 0.254 e. The summed E-state index contributed by atoms with van der Waals surface area (Å²) >= 11 is 1.52. The van der Waals surface area contributed by atoms with Gasteiger partial charge in [-0.05, 0) is 52.4 Å². The highest BCUT2D eigenvalue weighted by Gasteiger charge is 2.36. The molecule has 45 heavy (non-hydrogen) atoms. The number of hydrogen-bond acceptors (Lipinski definition) is 6. The lowest BCUT2D eigenvalue weighted by Gasteiger charge is -2.35. The molecule has 0 aliphatic heterocycles. The van der Waals surface area contributed by atoms with Gasteiger partial charge in [0.15, 0.2) is 0 Å². The molecule has 0 radical (unpaired) electrons. The van der Waals surface area contributed by atoms with E-state index >= 15 is 0 Å². The molecular formula is C36H44N4O4S. The number of likely N-dealkylation sites (N-methyl/N-ethyl adjacent to an activating group) is 2. The molecule has 3 aromatic carbocycles. The Labute approximate surface area is 269 Å². The summed E-state index contributed by atoms with van der Waals surface area (Å²) in [7, 11) is 3.26. The minimum atomic E-state index is -0.893. The van der Waals surface area contributed by atoms with Gasteiger partial charge in [0.25, 0.3) is 5.91 Å².